The molecule has 0 bridgehead atoms. The van der Waals surface area contributed by atoms with Gasteiger partial charge in [0.25, 0.3) is 0 Å². The molecule has 8 heavy (non-hydrogen) atoms. The van der Waals surface area contributed by atoms with Crippen molar-refractivity contribution < 1.29 is 0 Å². The summed E-state index contributed by atoms with van der Waals surface area (Å²) in [4.78, 5) is 0. The van der Waals surface area contributed by atoms with Gasteiger partial charge < -0.3 is 0 Å². The van der Waals surface area contributed by atoms with Crippen molar-refractivity contribution >= 4 is 7.41 Å². The maximum absolute atomic E-state index is 6.10. The van der Waals surface area contributed by atoms with Gasteiger partial charge in [0, 0.05) is 0 Å². The van der Waals surface area contributed by atoms with Gasteiger partial charge in [-0.05, 0) is 0 Å². The molecule has 1 aliphatic rings. The second-order valence-corrected chi connectivity index (χ2v) is 7.35. The summed E-state index contributed by atoms with van der Waals surface area (Å²) in [6, 6.07) is 0. The Hall–Kier alpha value is 0.390. The molecular formula is C6H16NP. The van der Waals surface area contributed by atoms with Crippen LogP contribution in [0.5, 0.6) is 0 Å². The molecule has 0 aliphatic carbocycles. The molecule has 50 valence electrons. The monoisotopic (exact) mass is 133 g/mol. The van der Waals surface area contributed by atoms with Gasteiger partial charge in [0.1, 0.15) is 0 Å². The fraction of sp³-hybridized carbons (Fsp3) is 1.00. The van der Waals surface area contributed by atoms with Crippen LogP contribution in [0.25, 0.3) is 0 Å². The van der Waals surface area contributed by atoms with Gasteiger partial charge in [-0.2, -0.15) is 0 Å². The van der Waals surface area contributed by atoms with E-state index in [4.69, 9.17) is 5.50 Å². The Labute approximate surface area is 52.0 Å². The first kappa shape index (κ1) is 6.51. The van der Waals surface area contributed by atoms with Crippen LogP contribution in [-0.4, -0.2) is 18.5 Å². The second kappa shape index (κ2) is 2.33. The van der Waals surface area contributed by atoms with Gasteiger partial charge in [0.05, 0.1) is 0 Å². The van der Waals surface area contributed by atoms with E-state index in [0.717, 1.165) is 0 Å². The number of rotatable bonds is 1. The van der Waals surface area contributed by atoms with E-state index in [-0.39, 0.29) is 0 Å². The molecule has 1 saturated heterocycles. The van der Waals surface area contributed by atoms with Gasteiger partial charge in [-0.3, -0.25) is 0 Å². The molecule has 0 unspecified atom stereocenters. The van der Waals surface area contributed by atoms with Gasteiger partial charge in [-0.1, -0.05) is 0 Å². The first-order valence-corrected chi connectivity index (χ1v) is 6.26. The van der Waals surface area contributed by atoms with Crippen molar-refractivity contribution in [3.63, 3.8) is 0 Å². The molecular weight excluding hydrogens is 117 g/mol. The quantitative estimate of drug-likeness (QED) is 0.538. The molecule has 1 nitrogen and oxygen atoms in total. The molecule has 0 aromatic carbocycles. The van der Waals surface area contributed by atoms with Crippen LogP contribution in [0.3, 0.4) is 0 Å². The van der Waals surface area contributed by atoms with E-state index in [9.17, 15) is 0 Å². The molecule has 2 heteroatoms. The molecule has 1 fully saturated rings. The average Bonchev–Trinajstić information content (AvgIpc) is 2.17. The number of hydrogen-bond donors (Lipinski definition) is 1. The van der Waals surface area contributed by atoms with E-state index in [0.29, 0.717) is 0 Å². The van der Waals surface area contributed by atoms with Crippen molar-refractivity contribution in [3.8, 4) is 0 Å². The van der Waals surface area contributed by atoms with Crippen LogP contribution in [0.2, 0.25) is 0 Å². The standard InChI is InChI=1S/C6H16NP/c1-2-8(7)5-3-4-6-8/h8H,2-7H2,1H3. The number of hydrogen-bond acceptors (Lipinski definition) is 1. The summed E-state index contributed by atoms with van der Waals surface area (Å²) in [6.45, 7) is 2.25. The Balaban J connectivity index is 2.40. The first-order chi connectivity index (χ1) is 3.77. The predicted octanol–water partition coefficient (Wildman–Crippen LogP) is 1.42. The molecule has 0 saturated carbocycles. The van der Waals surface area contributed by atoms with Gasteiger partial charge in [-0.25, -0.2) is 0 Å². The minimum atomic E-state index is -1.06. The van der Waals surface area contributed by atoms with Crippen LogP contribution in [0, 0.1) is 0 Å². The van der Waals surface area contributed by atoms with Gasteiger partial charge in [0.2, 0.25) is 0 Å². The van der Waals surface area contributed by atoms with Crippen LogP contribution in [-0.2, 0) is 0 Å². The van der Waals surface area contributed by atoms with Crippen LogP contribution >= 0.6 is 7.41 Å². The maximum atomic E-state index is 6.10. The van der Waals surface area contributed by atoms with Crippen molar-refractivity contribution in [1.82, 2.24) is 0 Å². The third-order valence-electron chi connectivity index (χ3n) is 2.30. The topological polar surface area (TPSA) is 26.0 Å². The van der Waals surface area contributed by atoms with E-state index in [1.54, 1.807) is 0 Å². The first-order valence-electron chi connectivity index (χ1n) is 3.56. The van der Waals surface area contributed by atoms with Gasteiger partial charge in [0.15, 0.2) is 0 Å². The van der Waals surface area contributed by atoms with Crippen LogP contribution in [0.4, 0.5) is 0 Å². The third kappa shape index (κ3) is 1.21. The third-order valence-corrected chi connectivity index (χ3v) is 6.41. The molecule has 1 heterocycles. The van der Waals surface area contributed by atoms with Crippen molar-refractivity contribution in [2.75, 3.05) is 18.5 Å². The Bertz CT molecular complexity index is 76.6. The van der Waals surface area contributed by atoms with Crippen LogP contribution in [0.1, 0.15) is 19.8 Å². The molecule has 1 rings (SSSR count). The summed E-state index contributed by atoms with van der Waals surface area (Å²) in [7, 11) is -1.06. The van der Waals surface area contributed by atoms with Crippen molar-refractivity contribution in [2.24, 2.45) is 5.50 Å². The summed E-state index contributed by atoms with van der Waals surface area (Å²) in [6.07, 6.45) is 6.91. The molecule has 2 N–H and O–H groups in total. The molecule has 0 atom stereocenters. The molecule has 0 amide bonds. The summed E-state index contributed by atoms with van der Waals surface area (Å²) in [5.41, 5.74) is 6.10. The van der Waals surface area contributed by atoms with Crippen LogP contribution < -0.4 is 5.50 Å². The molecule has 0 spiro atoms. The minimum absolute atomic E-state index is 1.06. The molecule has 0 aromatic rings. The van der Waals surface area contributed by atoms with Crippen molar-refractivity contribution in [3.05, 3.63) is 0 Å². The Morgan fingerprint density at radius 1 is 1.38 bits per heavy atom. The SMILES string of the molecule is CC[PH]1(N)CCCC1. The zero-order chi connectivity index (χ0) is 6.04. The van der Waals surface area contributed by atoms with E-state index in [2.05, 4.69) is 6.92 Å². The van der Waals surface area contributed by atoms with Gasteiger partial charge in [-0.15, -0.1) is 0 Å². The summed E-state index contributed by atoms with van der Waals surface area (Å²) >= 11 is 0. The fourth-order valence-corrected chi connectivity index (χ4v) is 4.30. The summed E-state index contributed by atoms with van der Waals surface area (Å²) in [5.74, 6) is 0. The second-order valence-electron chi connectivity index (χ2n) is 2.92. The van der Waals surface area contributed by atoms with Crippen LogP contribution in [0.15, 0.2) is 0 Å². The zero-order valence-electron chi connectivity index (χ0n) is 5.61. The summed E-state index contributed by atoms with van der Waals surface area (Å²) < 4.78 is 0. The Morgan fingerprint density at radius 2 is 1.88 bits per heavy atom. The Kier molecular flexibility index (Phi) is 1.89. The number of nitrogens with two attached hydrogens (primary N) is 1. The molecule has 0 aromatic heterocycles. The van der Waals surface area contributed by atoms with E-state index >= 15 is 0 Å². The summed E-state index contributed by atoms with van der Waals surface area (Å²) in [5, 5.41) is 0. The fourth-order valence-electron chi connectivity index (χ4n) is 1.43. The zero-order valence-corrected chi connectivity index (χ0v) is 6.61. The molecule has 1 aliphatic heterocycles. The normalized spacial score (nSPS) is 30.2. The average molecular weight is 133 g/mol. The van der Waals surface area contributed by atoms with E-state index < -0.39 is 7.41 Å². The molecule has 0 radical (unpaired) electrons. The van der Waals surface area contributed by atoms with Crippen molar-refractivity contribution in [1.29, 1.82) is 0 Å². The Morgan fingerprint density at radius 3 is 2.12 bits per heavy atom. The predicted molar refractivity (Wildman–Crippen MR) is 42.0 cm³/mol. The van der Waals surface area contributed by atoms with E-state index in [1.165, 1.54) is 31.3 Å². The van der Waals surface area contributed by atoms with Gasteiger partial charge >= 0.3 is 51.2 Å². The van der Waals surface area contributed by atoms with Crippen molar-refractivity contribution in [2.45, 2.75) is 19.8 Å². The van der Waals surface area contributed by atoms with E-state index in [1.807, 2.05) is 0 Å².